The van der Waals surface area contributed by atoms with Crippen LogP contribution in [0.1, 0.15) is 0 Å². The molecule has 1 aliphatic rings. The van der Waals surface area contributed by atoms with Gasteiger partial charge in [-0.05, 0) is 6.07 Å². The lowest BCUT2D eigenvalue weighted by Gasteiger charge is -2.25. The summed E-state index contributed by atoms with van der Waals surface area (Å²) in [7, 11) is -3.84. The lowest BCUT2D eigenvalue weighted by Crippen LogP contribution is -2.51. The SMILES string of the molecule is Cl.O=C(NCCNS(=O)(=O)c1cccc([N+](=O)[O-])c1)C1CNC1. The minimum Gasteiger partial charge on any atom is -0.354 e. The van der Waals surface area contributed by atoms with Gasteiger partial charge in [-0.15, -0.1) is 12.4 Å². The molecule has 1 fully saturated rings. The van der Waals surface area contributed by atoms with Crippen molar-refractivity contribution >= 4 is 34.0 Å². The number of nitrogens with one attached hydrogen (secondary N) is 3. The Balaban J connectivity index is 0.00000264. The first kappa shape index (κ1) is 19.3. The van der Waals surface area contributed by atoms with Gasteiger partial charge in [0.2, 0.25) is 15.9 Å². The molecule has 1 amide bonds. The zero-order valence-electron chi connectivity index (χ0n) is 12.0. The summed E-state index contributed by atoms with van der Waals surface area (Å²) in [5.41, 5.74) is -0.298. The molecular weight excluding hydrogens is 348 g/mol. The van der Waals surface area contributed by atoms with Crippen LogP contribution in [0.25, 0.3) is 0 Å². The third kappa shape index (κ3) is 5.13. The minimum absolute atomic E-state index is 0. The van der Waals surface area contributed by atoms with Crippen LogP contribution >= 0.6 is 12.4 Å². The van der Waals surface area contributed by atoms with E-state index < -0.39 is 14.9 Å². The number of hydrogen-bond donors (Lipinski definition) is 3. The fourth-order valence-electron chi connectivity index (χ4n) is 1.84. The molecule has 23 heavy (non-hydrogen) atoms. The Labute approximate surface area is 139 Å². The number of non-ortho nitro benzene ring substituents is 1. The van der Waals surface area contributed by atoms with Crippen molar-refractivity contribution in [3.05, 3.63) is 34.4 Å². The van der Waals surface area contributed by atoms with Crippen LogP contribution in [0, 0.1) is 16.0 Å². The number of nitro groups is 1. The van der Waals surface area contributed by atoms with Crippen molar-refractivity contribution in [2.75, 3.05) is 26.2 Å². The van der Waals surface area contributed by atoms with Crippen molar-refractivity contribution in [1.82, 2.24) is 15.4 Å². The molecule has 0 spiro atoms. The molecule has 0 unspecified atom stereocenters. The quantitative estimate of drug-likeness (QED) is 0.344. The Bertz CT molecular complexity index is 678. The molecule has 0 aromatic heterocycles. The van der Waals surface area contributed by atoms with E-state index in [1.165, 1.54) is 18.2 Å². The van der Waals surface area contributed by atoms with E-state index in [4.69, 9.17) is 0 Å². The lowest BCUT2D eigenvalue weighted by molar-refractivity contribution is -0.385. The monoisotopic (exact) mass is 364 g/mol. The molecular formula is C12H17ClN4O5S. The topological polar surface area (TPSA) is 130 Å². The van der Waals surface area contributed by atoms with Gasteiger partial charge in [0, 0.05) is 38.3 Å². The number of nitrogens with zero attached hydrogens (tertiary/aromatic N) is 1. The van der Waals surface area contributed by atoms with Gasteiger partial charge in [0.1, 0.15) is 0 Å². The van der Waals surface area contributed by atoms with Crippen molar-refractivity contribution in [3.8, 4) is 0 Å². The van der Waals surface area contributed by atoms with Crippen molar-refractivity contribution in [3.63, 3.8) is 0 Å². The van der Waals surface area contributed by atoms with E-state index in [-0.39, 0.29) is 47.9 Å². The fourth-order valence-corrected chi connectivity index (χ4v) is 2.91. The second-order valence-electron chi connectivity index (χ2n) is 4.80. The zero-order chi connectivity index (χ0) is 16.2. The second-order valence-corrected chi connectivity index (χ2v) is 6.57. The van der Waals surface area contributed by atoms with E-state index in [9.17, 15) is 23.3 Å². The molecule has 11 heteroatoms. The average Bonchev–Trinajstić information content (AvgIpc) is 2.42. The van der Waals surface area contributed by atoms with Gasteiger partial charge < -0.3 is 10.6 Å². The summed E-state index contributed by atoms with van der Waals surface area (Å²) in [5, 5.41) is 16.2. The van der Waals surface area contributed by atoms with Crippen LogP contribution in [-0.4, -0.2) is 45.4 Å². The van der Waals surface area contributed by atoms with E-state index in [2.05, 4.69) is 15.4 Å². The molecule has 1 aliphatic heterocycles. The average molecular weight is 365 g/mol. The number of sulfonamides is 1. The van der Waals surface area contributed by atoms with Gasteiger partial charge in [-0.1, -0.05) is 6.07 Å². The zero-order valence-corrected chi connectivity index (χ0v) is 13.7. The van der Waals surface area contributed by atoms with Crippen LogP contribution in [0.2, 0.25) is 0 Å². The van der Waals surface area contributed by atoms with Crippen LogP contribution in [0.15, 0.2) is 29.2 Å². The van der Waals surface area contributed by atoms with Crippen LogP contribution < -0.4 is 15.4 Å². The number of amides is 1. The highest BCUT2D eigenvalue weighted by atomic mass is 35.5. The Morgan fingerprint density at radius 3 is 2.61 bits per heavy atom. The Hall–Kier alpha value is -1.75. The summed E-state index contributed by atoms with van der Waals surface area (Å²) < 4.78 is 26.3. The van der Waals surface area contributed by atoms with Gasteiger partial charge in [0.05, 0.1) is 15.7 Å². The molecule has 128 valence electrons. The summed E-state index contributed by atoms with van der Waals surface area (Å²) >= 11 is 0. The maximum atomic E-state index is 12.0. The van der Waals surface area contributed by atoms with Gasteiger partial charge in [-0.2, -0.15) is 0 Å². The van der Waals surface area contributed by atoms with Gasteiger partial charge in [-0.3, -0.25) is 14.9 Å². The molecule has 1 aromatic carbocycles. The number of benzene rings is 1. The number of carbonyl (C=O) groups is 1. The first-order chi connectivity index (χ1) is 10.4. The molecule has 0 radical (unpaired) electrons. The number of hydrogen-bond acceptors (Lipinski definition) is 6. The number of nitro benzene ring substituents is 1. The second kappa shape index (κ2) is 8.20. The minimum atomic E-state index is -3.84. The molecule has 0 saturated carbocycles. The van der Waals surface area contributed by atoms with Gasteiger partial charge in [0.15, 0.2) is 0 Å². The first-order valence-corrected chi connectivity index (χ1v) is 8.11. The highest BCUT2D eigenvalue weighted by Gasteiger charge is 2.24. The third-order valence-electron chi connectivity index (χ3n) is 3.21. The van der Waals surface area contributed by atoms with Crippen molar-refractivity contribution < 1.29 is 18.1 Å². The molecule has 2 rings (SSSR count). The highest BCUT2D eigenvalue weighted by Crippen LogP contribution is 2.16. The molecule has 1 heterocycles. The van der Waals surface area contributed by atoms with Crippen LogP contribution in [0.3, 0.4) is 0 Å². The first-order valence-electron chi connectivity index (χ1n) is 6.63. The Morgan fingerprint density at radius 2 is 2.04 bits per heavy atom. The Morgan fingerprint density at radius 1 is 1.35 bits per heavy atom. The highest BCUT2D eigenvalue weighted by molar-refractivity contribution is 7.89. The smallest absolute Gasteiger partial charge is 0.270 e. The van der Waals surface area contributed by atoms with Gasteiger partial charge in [0.25, 0.3) is 5.69 Å². The van der Waals surface area contributed by atoms with Crippen LogP contribution in [0.5, 0.6) is 0 Å². The molecule has 0 atom stereocenters. The van der Waals surface area contributed by atoms with E-state index >= 15 is 0 Å². The normalized spacial score (nSPS) is 14.4. The predicted molar refractivity (Wildman–Crippen MR) is 84.9 cm³/mol. The summed E-state index contributed by atoms with van der Waals surface area (Å²) in [4.78, 5) is 21.3. The summed E-state index contributed by atoms with van der Waals surface area (Å²) in [5.74, 6) is -0.179. The molecule has 1 aromatic rings. The standard InChI is InChI=1S/C12H16N4O5S.ClH/c17-12(9-7-13-8-9)14-4-5-15-22(20,21)11-3-1-2-10(6-11)16(18)19;/h1-3,6,9,13,15H,4-5,7-8H2,(H,14,17);1H. The molecule has 0 aliphatic carbocycles. The fraction of sp³-hybridized carbons (Fsp3) is 0.417. The maximum Gasteiger partial charge on any atom is 0.270 e. The summed E-state index contributed by atoms with van der Waals surface area (Å²) in [6.07, 6.45) is 0. The van der Waals surface area contributed by atoms with E-state index in [0.717, 1.165) is 6.07 Å². The maximum absolute atomic E-state index is 12.0. The van der Waals surface area contributed by atoms with Gasteiger partial charge >= 0.3 is 0 Å². The van der Waals surface area contributed by atoms with Crippen molar-refractivity contribution in [1.29, 1.82) is 0 Å². The van der Waals surface area contributed by atoms with E-state index in [1.54, 1.807) is 0 Å². The summed E-state index contributed by atoms with van der Waals surface area (Å²) in [6.45, 7) is 1.43. The number of rotatable bonds is 7. The van der Waals surface area contributed by atoms with Crippen molar-refractivity contribution in [2.45, 2.75) is 4.90 Å². The molecule has 1 saturated heterocycles. The van der Waals surface area contributed by atoms with Crippen LogP contribution in [-0.2, 0) is 14.8 Å². The number of halogens is 1. The molecule has 3 N–H and O–H groups in total. The van der Waals surface area contributed by atoms with E-state index in [1.807, 2.05) is 0 Å². The predicted octanol–water partition coefficient (Wildman–Crippen LogP) is -0.370. The van der Waals surface area contributed by atoms with Gasteiger partial charge in [-0.25, -0.2) is 13.1 Å². The Kier molecular flexibility index (Phi) is 6.88. The molecule has 0 bridgehead atoms. The largest absolute Gasteiger partial charge is 0.354 e. The van der Waals surface area contributed by atoms with E-state index in [0.29, 0.717) is 13.1 Å². The van der Waals surface area contributed by atoms with Crippen molar-refractivity contribution in [2.24, 2.45) is 5.92 Å². The lowest BCUT2D eigenvalue weighted by atomic mass is 10.0. The number of carbonyl (C=O) groups excluding carboxylic acids is 1. The third-order valence-corrected chi connectivity index (χ3v) is 4.67. The van der Waals surface area contributed by atoms with Crippen LogP contribution in [0.4, 0.5) is 5.69 Å². The molecule has 9 nitrogen and oxygen atoms in total. The summed E-state index contributed by atoms with van der Waals surface area (Å²) in [6, 6.07) is 4.78.